The molecule has 0 aliphatic rings. The molecule has 254 valence electrons. The number of hydrogen-bond donors (Lipinski definition) is 1. The van der Waals surface area contributed by atoms with Crippen molar-refractivity contribution < 1.29 is 24.1 Å². The summed E-state index contributed by atoms with van der Waals surface area (Å²) in [7, 11) is 12.9. The highest BCUT2D eigenvalue weighted by Crippen LogP contribution is 2.32. The normalized spacial score (nSPS) is 11.2. The summed E-state index contributed by atoms with van der Waals surface area (Å²) in [5, 5.41) is 11.5. The Bertz CT molecular complexity index is 2080. The average Bonchev–Trinajstić information content (AvgIpc) is 3.72. The average molecular weight is 697 g/mol. The van der Waals surface area contributed by atoms with E-state index in [1.54, 1.807) is 56.1 Å². The van der Waals surface area contributed by atoms with Crippen LogP contribution in [0.25, 0.3) is 44.7 Å². The third kappa shape index (κ3) is 9.08. The van der Waals surface area contributed by atoms with E-state index in [2.05, 4.69) is 50.1 Å². The molecule has 0 atom stereocenters. The van der Waals surface area contributed by atoms with Crippen LogP contribution in [0.3, 0.4) is 0 Å². The maximum absolute atomic E-state index is 9.62. The fourth-order valence-corrected chi connectivity index (χ4v) is 6.53. The maximum Gasteiger partial charge on any atom is 0.188 e. The summed E-state index contributed by atoms with van der Waals surface area (Å²) >= 11 is 3.33. The van der Waals surface area contributed by atoms with Crippen LogP contribution in [-0.4, -0.2) is 71.4 Å². The van der Waals surface area contributed by atoms with Crippen molar-refractivity contribution in [1.29, 1.82) is 0 Å². The Hall–Kier alpha value is -5.10. The van der Waals surface area contributed by atoms with E-state index in [0.717, 1.165) is 32.2 Å². The summed E-state index contributed by atoms with van der Waals surface area (Å²) < 4.78 is 23.3. The van der Waals surface area contributed by atoms with Gasteiger partial charge in [-0.15, -0.1) is 22.7 Å². The SMILES string of the molecule is COCOc1ccc(/C=C/c2nc3ccc(N(C)C)cc3s2)cc1OC.COc1cc(/C=C/c2nc3ccc(N(C)C)cc3s2)ccc1O. The van der Waals surface area contributed by atoms with E-state index >= 15 is 0 Å². The van der Waals surface area contributed by atoms with Gasteiger partial charge in [-0.3, -0.25) is 0 Å². The van der Waals surface area contributed by atoms with Crippen LogP contribution >= 0.6 is 22.7 Å². The standard InChI is InChI=1S/C20H22N2O3S.C18H18N2O2S/c1-22(2)15-7-8-16-19(12-15)26-20(21-16)10-6-14-5-9-17(25-13-23-3)18(11-14)24-4;1-20(2)13-6-7-14-17(11-13)23-18(19-14)9-5-12-4-8-15(21)16(10-12)22-3/h5-12H,13H2,1-4H3;4-11,21H,1-3H3/b10-6+;9-5+. The van der Waals surface area contributed by atoms with Crippen molar-refractivity contribution in [3.05, 3.63) is 93.9 Å². The Morgan fingerprint density at radius 1 is 0.612 bits per heavy atom. The number of phenols is 1. The molecule has 4 aromatic carbocycles. The number of aromatic nitrogens is 2. The first kappa shape index (κ1) is 35.2. The fraction of sp³-hybridized carbons (Fsp3) is 0.211. The van der Waals surface area contributed by atoms with Crippen molar-refractivity contribution in [2.24, 2.45) is 0 Å². The Balaban J connectivity index is 0.000000192. The van der Waals surface area contributed by atoms with Crippen molar-refractivity contribution in [3.63, 3.8) is 0 Å². The smallest absolute Gasteiger partial charge is 0.188 e. The molecule has 2 heterocycles. The Morgan fingerprint density at radius 2 is 1.12 bits per heavy atom. The maximum atomic E-state index is 9.62. The fourth-order valence-electron chi connectivity index (χ4n) is 4.72. The highest BCUT2D eigenvalue weighted by atomic mass is 32.1. The molecule has 0 amide bonds. The number of thiazole rings is 2. The number of anilines is 2. The minimum atomic E-state index is 0.140. The second-order valence-electron chi connectivity index (χ2n) is 11.3. The molecule has 0 fully saturated rings. The van der Waals surface area contributed by atoms with E-state index < -0.39 is 0 Å². The third-order valence-corrected chi connectivity index (χ3v) is 9.34. The van der Waals surface area contributed by atoms with E-state index in [1.807, 2.05) is 82.8 Å². The molecular weight excluding hydrogens is 657 g/mol. The Labute approximate surface area is 294 Å². The molecule has 6 rings (SSSR count). The number of benzene rings is 4. The molecular formula is C38H40N4O5S2. The van der Waals surface area contributed by atoms with Crippen LogP contribution < -0.4 is 24.0 Å². The summed E-state index contributed by atoms with van der Waals surface area (Å²) in [5.41, 5.74) is 6.32. The molecule has 0 aliphatic heterocycles. The summed E-state index contributed by atoms with van der Waals surface area (Å²) in [4.78, 5) is 13.5. The Kier molecular flexibility index (Phi) is 11.7. The van der Waals surface area contributed by atoms with Gasteiger partial charge in [0.15, 0.2) is 29.8 Å². The summed E-state index contributed by atoms with van der Waals surface area (Å²) in [6, 6.07) is 23.6. The first-order chi connectivity index (χ1) is 23.7. The first-order valence-electron chi connectivity index (χ1n) is 15.4. The monoisotopic (exact) mass is 696 g/mol. The van der Waals surface area contributed by atoms with Gasteiger partial charge >= 0.3 is 0 Å². The number of phenolic OH excluding ortho intramolecular Hbond substituents is 1. The van der Waals surface area contributed by atoms with E-state index in [9.17, 15) is 5.11 Å². The van der Waals surface area contributed by atoms with Gasteiger partial charge in [-0.2, -0.15) is 0 Å². The highest BCUT2D eigenvalue weighted by Gasteiger charge is 2.07. The van der Waals surface area contributed by atoms with Crippen LogP contribution in [-0.2, 0) is 4.74 Å². The van der Waals surface area contributed by atoms with Gasteiger partial charge in [-0.05, 0) is 83.9 Å². The minimum absolute atomic E-state index is 0.140. The lowest BCUT2D eigenvalue weighted by atomic mass is 10.2. The summed E-state index contributed by atoms with van der Waals surface area (Å²) in [6.45, 7) is 0.187. The quantitative estimate of drug-likeness (QED) is 0.134. The van der Waals surface area contributed by atoms with Crippen LogP contribution in [0, 0.1) is 0 Å². The molecule has 2 aromatic heterocycles. The van der Waals surface area contributed by atoms with Gasteiger partial charge in [0.05, 0.1) is 34.7 Å². The molecule has 1 N–H and O–H groups in total. The van der Waals surface area contributed by atoms with Crippen molar-refractivity contribution in [2.45, 2.75) is 0 Å². The molecule has 49 heavy (non-hydrogen) atoms. The van der Waals surface area contributed by atoms with Crippen molar-refractivity contribution in [3.8, 4) is 23.0 Å². The lowest BCUT2D eigenvalue weighted by molar-refractivity contribution is 0.0491. The van der Waals surface area contributed by atoms with Crippen LogP contribution in [0.1, 0.15) is 21.1 Å². The first-order valence-corrected chi connectivity index (χ1v) is 17.0. The van der Waals surface area contributed by atoms with Crippen LogP contribution in [0.4, 0.5) is 11.4 Å². The number of rotatable bonds is 11. The van der Waals surface area contributed by atoms with Crippen molar-refractivity contribution in [1.82, 2.24) is 9.97 Å². The molecule has 0 saturated carbocycles. The lowest BCUT2D eigenvalue weighted by Gasteiger charge is -2.11. The molecule has 0 bridgehead atoms. The van der Waals surface area contributed by atoms with Crippen molar-refractivity contribution >= 4 is 78.8 Å². The number of nitrogens with zero attached hydrogens (tertiary/aromatic N) is 4. The van der Waals surface area contributed by atoms with Gasteiger partial charge in [-0.1, -0.05) is 24.3 Å². The zero-order valence-corrected chi connectivity index (χ0v) is 30.3. The molecule has 0 spiro atoms. The van der Waals surface area contributed by atoms with Gasteiger partial charge < -0.3 is 33.9 Å². The summed E-state index contributed by atoms with van der Waals surface area (Å²) in [6.07, 6.45) is 7.98. The van der Waals surface area contributed by atoms with Gasteiger partial charge in [0, 0.05) is 46.7 Å². The molecule has 0 unspecified atom stereocenters. The second kappa shape index (κ2) is 16.3. The van der Waals surface area contributed by atoms with Gasteiger partial charge in [0.25, 0.3) is 0 Å². The second-order valence-corrected chi connectivity index (χ2v) is 13.4. The number of hydrogen-bond acceptors (Lipinski definition) is 11. The van der Waals surface area contributed by atoms with Gasteiger partial charge in [0.1, 0.15) is 10.0 Å². The van der Waals surface area contributed by atoms with E-state index in [-0.39, 0.29) is 12.5 Å². The predicted molar refractivity (Wildman–Crippen MR) is 206 cm³/mol. The van der Waals surface area contributed by atoms with E-state index in [0.29, 0.717) is 17.2 Å². The molecule has 0 saturated heterocycles. The van der Waals surface area contributed by atoms with Gasteiger partial charge in [0.2, 0.25) is 0 Å². The zero-order valence-electron chi connectivity index (χ0n) is 28.6. The topological polar surface area (TPSA) is 89.4 Å². The molecule has 0 radical (unpaired) electrons. The van der Waals surface area contributed by atoms with Crippen LogP contribution in [0.5, 0.6) is 23.0 Å². The number of methoxy groups -OCH3 is 3. The molecule has 11 heteroatoms. The summed E-state index contributed by atoms with van der Waals surface area (Å²) in [5.74, 6) is 1.93. The van der Waals surface area contributed by atoms with Crippen LogP contribution in [0.15, 0.2) is 72.8 Å². The largest absolute Gasteiger partial charge is 0.504 e. The number of ether oxygens (including phenoxy) is 4. The Morgan fingerprint density at radius 3 is 1.61 bits per heavy atom. The van der Waals surface area contributed by atoms with Crippen molar-refractivity contribution in [2.75, 3.05) is 66.1 Å². The predicted octanol–water partition coefficient (Wildman–Crippen LogP) is 8.77. The van der Waals surface area contributed by atoms with Gasteiger partial charge in [-0.25, -0.2) is 9.97 Å². The lowest BCUT2D eigenvalue weighted by Crippen LogP contribution is -2.07. The highest BCUT2D eigenvalue weighted by molar-refractivity contribution is 7.19. The number of fused-ring (bicyclic) bond motifs is 2. The zero-order chi connectivity index (χ0) is 34.9. The minimum Gasteiger partial charge on any atom is -0.504 e. The molecule has 0 aliphatic carbocycles. The van der Waals surface area contributed by atoms with Crippen LogP contribution in [0.2, 0.25) is 0 Å². The van der Waals surface area contributed by atoms with E-state index in [1.165, 1.54) is 20.8 Å². The third-order valence-electron chi connectivity index (χ3n) is 7.37. The van der Waals surface area contributed by atoms with E-state index in [4.69, 9.17) is 18.9 Å². The molecule has 6 aromatic rings. The molecule has 9 nitrogen and oxygen atoms in total. The number of aromatic hydroxyl groups is 1.